The lowest BCUT2D eigenvalue weighted by molar-refractivity contribution is 0.646. The zero-order valence-electron chi connectivity index (χ0n) is 9.39. The predicted molar refractivity (Wildman–Crippen MR) is 69.7 cm³/mol. The second-order valence-electron chi connectivity index (χ2n) is 4.16. The molecule has 4 N–H and O–H groups in total. The van der Waals surface area contributed by atoms with E-state index in [0.717, 1.165) is 27.5 Å². The quantitative estimate of drug-likeness (QED) is 0.705. The van der Waals surface area contributed by atoms with Gasteiger partial charge in [-0.2, -0.15) is 0 Å². The summed E-state index contributed by atoms with van der Waals surface area (Å²) in [7, 11) is 0. The Bertz CT molecular complexity index is 672. The van der Waals surface area contributed by atoms with E-state index in [-0.39, 0.29) is 6.04 Å². The minimum Gasteiger partial charge on any atom is -0.456 e. The van der Waals surface area contributed by atoms with Crippen molar-refractivity contribution in [3.63, 3.8) is 0 Å². The van der Waals surface area contributed by atoms with E-state index in [1.165, 1.54) is 0 Å². The molecule has 1 heterocycles. The SMILES string of the molecule is NCC(N)c1cccc2c1oc1ccccc12. The van der Waals surface area contributed by atoms with Crippen LogP contribution in [0.1, 0.15) is 11.6 Å². The summed E-state index contributed by atoms with van der Waals surface area (Å²) in [5.74, 6) is 0. The van der Waals surface area contributed by atoms with E-state index in [0.29, 0.717) is 6.54 Å². The van der Waals surface area contributed by atoms with E-state index in [1.807, 2.05) is 36.4 Å². The van der Waals surface area contributed by atoms with Crippen LogP contribution in [-0.4, -0.2) is 6.54 Å². The van der Waals surface area contributed by atoms with Crippen LogP contribution in [0.5, 0.6) is 0 Å². The third-order valence-electron chi connectivity index (χ3n) is 3.09. The highest BCUT2D eigenvalue weighted by molar-refractivity contribution is 6.05. The lowest BCUT2D eigenvalue weighted by atomic mass is 10.0. The van der Waals surface area contributed by atoms with Crippen molar-refractivity contribution in [2.24, 2.45) is 11.5 Å². The molecule has 0 aliphatic rings. The van der Waals surface area contributed by atoms with Gasteiger partial charge in [0.15, 0.2) is 0 Å². The molecule has 3 heteroatoms. The second-order valence-corrected chi connectivity index (χ2v) is 4.16. The lowest BCUT2D eigenvalue weighted by Crippen LogP contribution is -2.20. The Hall–Kier alpha value is -1.84. The molecule has 3 nitrogen and oxygen atoms in total. The van der Waals surface area contributed by atoms with Gasteiger partial charge in [-0.15, -0.1) is 0 Å². The van der Waals surface area contributed by atoms with E-state index >= 15 is 0 Å². The Balaban J connectivity index is 2.39. The van der Waals surface area contributed by atoms with Gasteiger partial charge in [-0.05, 0) is 6.07 Å². The maximum Gasteiger partial charge on any atom is 0.140 e. The summed E-state index contributed by atoms with van der Waals surface area (Å²) in [6.45, 7) is 0.413. The topological polar surface area (TPSA) is 65.2 Å². The first-order valence-corrected chi connectivity index (χ1v) is 5.67. The molecule has 0 fully saturated rings. The van der Waals surface area contributed by atoms with Gasteiger partial charge in [-0.25, -0.2) is 0 Å². The molecule has 0 saturated carbocycles. The number of para-hydroxylation sites is 2. The van der Waals surface area contributed by atoms with Gasteiger partial charge < -0.3 is 15.9 Å². The van der Waals surface area contributed by atoms with E-state index < -0.39 is 0 Å². The van der Waals surface area contributed by atoms with Crippen LogP contribution < -0.4 is 11.5 Å². The molecule has 0 amide bonds. The molecule has 1 atom stereocenters. The van der Waals surface area contributed by atoms with E-state index in [4.69, 9.17) is 15.9 Å². The van der Waals surface area contributed by atoms with Crippen molar-refractivity contribution < 1.29 is 4.42 Å². The molecule has 86 valence electrons. The van der Waals surface area contributed by atoms with Gasteiger partial charge in [0.25, 0.3) is 0 Å². The fourth-order valence-electron chi connectivity index (χ4n) is 2.19. The third-order valence-corrected chi connectivity index (χ3v) is 3.09. The molecule has 0 radical (unpaired) electrons. The molecular weight excluding hydrogens is 212 g/mol. The van der Waals surface area contributed by atoms with Gasteiger partial charge in [-0.1, -0.05) is 36.4 Å². The van der Waals surface area contributed by atoms with Crippen molar-refractivity contribution in [2.45, 2.75) is 6.04 Å². The van der Waals surface area contributed by atoms with Crippen molar-refractivity contribution in [1.82, 2.24) is 0 Å². The molecule has 3 rings (SSSR count). The highest BCUT2D eigenvalue weighted by Gasteiger charge is 2.13. The standard InChI is InChI=1S/C14H14N2O/c15-8-12(16)11-6-3-5-10-9-4-1-2-7-13(9)17-14(10)11/h1-7,12H,8,15-16H2. The number of benzene rings is 2. The summed E-state index contributed by atoms with van der Waals surface area (Å²) in [6, 6.07) is 13.8. The van der Waals surface area contributed by atoms with Crippen LogP contribution in [-0.2, 0) is 0 Å². The molecule has 0 spiro atoms. The van der Waals surface area contributed by atoms with Crippen LogP contribution in [0, 0.1) is 0 Å². The normalized spacial score (nSPS) is 13.3. The fourth-order valence-corrected chi connectivity index (χ4v) is 2.19. The van der Waals surface area contributed by atoms with Crippen LogP contribution >= 0.6 is 0 Å². The van der Waals surface area contributed by atoms with Crippen molar-refractivity contribution in [3.05, 3.63) is 48.0 Å². The zero-order valence-corrected chi connectivity index (χ0v) is 9.39. The lowest BCUT2D eigenvalue weighted by Gasteiger charge is -2.08. The monoisotopic (exact) mass is 226 g/mol. The Labute approximate surface area is 99.0 Å². The molecule has 1 aromatic heterocycles. The van der Waals surface area contributed by atoms with Crippen molar-refractivity contribution in [3.8, 4) is 0 Å². The molecular formula is C14H14N2O. The molecule has 0 aliphatic heterocycles. The van der Waals surface area contributed by atoms with Gasteiger partial charge in [-0.3, -0.25) is 0 Å². The largest absolute Gasteiger partial charge is 0.456 e. The average molecular weight is 226 g/mol. The number of nitrogens with two attached hydrogens (primary N) is 2. The van der Waals surface area contributed by atoms with Crippen molar-refractivity contribution in [1.29, 1.82) is 0 Å². The summed E-state index contributed by atoms with van der Waals surface area (Å²) >= 11 is 0. The van der Waals surface area contributed by atoms with Crippen LogP contribution in [0.4, 0.5) is 0 Å². The number of hydrogen-bond donors (Lipinski definition) is 2. The zero-order chi connectivity index (χ0) is 11.8. The highest BCUT2D eigenvalue weighted by Crippen LogP contribution is 2.32. The number of furan rings is 1. The summed E-state index contributed by atoms with van der Waals surface area (Å²) in [5, 5.41) is 2.22. The van der Waals surface area contributed by atoms with Crippen LogP contribution in [0.3, 0.4) is 0 Å². The van der Waals surface area contributed by atoms with Gasteiger partial charge in [0.1, 0.15) is 11.2 Å². The molecule has 17 heavy (non-hydrogen) atoms. The molecule has 2 aromatic carbocycles. The molecule has 0 saturated heterocycles. The van der Waals surface area contributed by atoms with Crippen molar-refractivity contribution in [2.75, 3.05) is 6.54 Å². The molecule has 0 bridgehead atoms. The summed E-state index contributed by atoms with van der Waals surface area (Å²) in [6.07, 6.45) is 0. The van der Waals surface area contributed by atoms with Gasteiger partial charge in [0.05, 0.1) is 0 Å². The highest BCUT2D eigenvalue weighted by atomic mass is 16.3. The van der Waals surface area contributed by atoms with Gasteiger partial charge >= 0.3 is 0 Å². The Morgan fingerprint density at radius 3 is 2.59 bits per heavy atom. The molecule has 0 aliphatic carbocycles. The molecule has 3 aromatic rings. The third kappa shape index (κ3) is 1.52. The second kappa shape index (κ2) is 3.87. The molecule has 1 unspecified atom stereocenters. The predicted octanol–water partition coefficient (Wildman–Crippen LogP) is 2.54. The fraction of sp³-hybridized carbons (Fsp3) is 0.143. The Morgan fingerprint density at radius 2 is 1.76 bits per heavy atom. The summed E-state index contributed by atoms with van der Waals surface area (Å²) in [5.41, 5.74) is 14.3. The van der Waals surface area contributed by atoms with Gasteiger partial charge in [0.2, 0.25) is 0 Å². The maximum absolute atomic E-state index is 6.00. The summed E-state index contributed by atoms with van der Waals surface area (Å²) in [4.78, 5) is 0. The summed E-state index contributed by atoms with van der Waals surface area (Å²) < 4.78 is 5.87. The minimum atomic E-state index is -0.181. The first-order chi connectivity index (χ1) is 8.31. The van der Waals surface area contributed by atoms with E-state index in [1.54, 1.807) is 0 Å². The van der Waals surface area contributed by atoms with E-state index in [2.05, 4.69) is 6.07 Å². The Kier molecular flexibility index (Phi) is 2.35. The van der Waals surface area contributed by atoms with Crippen LogP contribution in [0.25, 0.3) is 21.9 Å². The maximum atomic E-state index is 6.00. The van der Waals surface area contributed by atoms with Crippen LogP contribution in [0.15, 0.2) is 46.9 Å². The van der Waals surface area contributed by atoms with Gasteiger partial charge in [0, 0.05) is 28.9 Å². The minimum absolute atomic E-state index is 0.181. The first-order valence-electron chi connectivity index (χ1n) is 5.67. The van der Waals surface area contributed by atoms with E-state index in [9.17, 15) is 0 Å². The number of hydrogen-bond acceptors (Lipinski definition) is 3. The average Bonchev–Trinajstić information content (AvgIpc) is 2.76. The van der Waals surface area contributed by atoms with Crippen molar-refractivity contribution >= 4 is 21.9 Å². The number of rotatable bonds is 2. The Morgan fingerprint density at radius 1 is 1.00 bits per heavy atom. The number of fused-ring (bicyclic) bond motifs is 3. The van der Waals surface area contributed by atoms with Crippen LogP contribution in [0.2, 0.25) is 0 Å². The smallest absolute Gasteiger partial charge is 0.140 e. The first kappa shape index (κ1) is 10.3.